The third kappa shape index (κ3) is 3.89. The quantitative estimate of drug-likeness (QED) is 0.493. The van der Waals surface area contributed by atoms with Crippen LogP contribution in [0.1, 0.15) is 26.6 Å². The molecule has 0 spiro atoms. The average molecular weight is 392 g/mol. The summed E-state index contributed by atoms with van der Waals surface area (Å²) in [6.45, 7) is 3.05. The van der Waals surface area contributed by atoms with Crippen molar-refractivity contribution in [3.05, 3.63) is 76.8 Å². The normalized spacial score (nSPS) is 10.9. The maximum Gasteiger partial charge on any atom is 0.261 e. The summed E-state index contributed by atoms with van der Waals surface area (Å²) in [5.74, 6) is 1.45. The number of nitrogens with one attached hydrogen (secondary N) is 2. The molecule has 7 heteroatoms. The molecule has 0 fully saturated rings. The highest BCUT2D eigenvalue weighted by Gasteiger charge is 2.19. The zero-order valence-electron chi connectivity index (χ0n) is 15.4. The SMILES string of the molecule is Cc1c(C(=O)NCCc2ccccc2)sc2ncnc(NCc3ccco3)c12. The molecule has 0 saturated heterocycles. The van der Waals surface area contributed by atoms with Crippen molar-refractivity contribution < 1.29 is 9.21 Å². The summed E-state index contributed by atoms with van der Waals surface area (Å²) in [4.78, 5) is 22.9. The van der Waals surface area contributed by atoms with Gasteiger partial charge < -0.3 is 15.1 Å². The van der Waals surface area contributed by atoms with Crippen LogP contribution >= 0.6 is 11.3 Å². The Bertz CT molecular complexity index is 1070. The molecule has 2 N–H and O–H groups in total. The van der Waals surface area contributed by atoms with Gasteiger partial charge in [0, 0.05) is 6.54 Å². The molecular formula is C21H20N4O2S. The second-order valence-corrected chi connectivity index (χ2v) is 7.38. The van der Waals surface area contributed by atoms with Gasteiger partial charge in [-0.2, -0.15) is 0 Å². The van der Waals surface area contributed by atoms with Crippen molar-refractivity contribution in [1.29, 1.82) is 0 Å². The molecule has 1 aromatic carbocycles. The van der Waals surface area contributed by atoms with Crippen molar-refractivity contribution in [3.63, 3.8) is 0 Å². The number of aromatic nitrogens is 2. The standard InChI is InChI=1S/C21H20N4O2S/c1-14-17-19(23-12-16-8-5-11-27-16)24-13-25-21(17)28-18(14)20(26)22-10-9-15-6-3-2-4-7-15/h2-8,11,13H,9-10,12H2,1H3,(H,22,26)(H,23,24,25). The van der Waals surface area contributed by atoms with Gasteiger partial charge in [0.15, 0.2) is 0 Å². The Balaban J connectivity index is 1.49. The van der Waals surface area contributed by atoms with Crippen molar-refractivity contribution in [2.45, 2.75) is 19.9 Å². The summed E-state index contributed by atoms with van der Waals surface area (Å²) in [6, 6.07) is 13.9. The number of anilines is 1. The highest BCUT2D eigenvalue weighted by atomic mass is 32.1. The molecule has 0 unspecified atom stereocenters. The van der Waals surface area contributed by atoms with Crippen LogP contribution in [0.3, 0.4) is 0 Å². The van der Waals surface area contributed by atoms with E-state index in [1.54, 1.807) is 6.26 Å². The maximum absolute atomic E-state index is 12.7. The van der Waals surface area contributed by atoms with Crippen molar-refractivity contribution in [3.8, 4) is 0 Å². The number of amides is 1. The Kier molecular flexibility index (Phi) is 5.34. The van der Waals surface area contributed by atoms with Crippen LogP contribution in [0.15, 0.2) is 59.5 Å². The molecule has 0 radical (unpaired) electrons. The molecule has 0 aliphatic heterocycles. The summed E-state index contributed by atoms with van der Waals surface area (Å²) < 4.78 is 5.35. The minimum absolute atomic E-state index is 0.0755. The molecule has 0 atom stereocenters. The first kappa shape index (κ1) is 18.2. The zero-order valence-corrected chi connectivity index (χ0v) is 16.3. The third-order valence-electron chi connectivity index (χ3n) is 4.49. The fraction of sp³-hybridized carbons (Fsp3) is 0.190. The van der Waals surface area contributed by atoms with E-state index in [-0.39, 0.29) is 5.91 Å². The summed E-state index contributed by atoms with van der Waals surface area (Å²) in [6.07, 6.45) is 3.95. The molecule has 6 nitrogen and oxygen atoms in total. The van der Waals surface area contributed by atoms with Gasteiger partial charge in [-0.3, -0.25) is 4.79 Å². The molecule has 0 saturated carbocycles. The van der Waals surface area contributed by atoms with Crippen molar-refractivity contribution in [2.24, 2.45) is 0 Å². The first-order valence-corrected chi connectivity index (χ1v) is 9.86. The number of nitrogens with zero attached hydrogens (tertiary/aromatic N) is 2. The van der Waals surface area contributed by atoms with Gasteiger partial charge in [0.1, 0.15) is 22.7 Å². The minimum Gasteiger partial charge on any atom is -0.467 e. The van der Waals surface area contributed by atoms with Gasteiger partial charge >= 0.3 is 0 Å². The number of carbonyl (C=O) groups excluding carboxylic acids is 1. The van der Waals surface area contributed by atoms with E-state index < -0.39 is 0 Å². The maximum atomic E-state index is 12.7. The third-order valence-corrected chi connectivity index (χ3v) is 5.68. The van der Waals surface area contributed by atoms with Gasteiger partial charge in [-0.25, -0.2) is 9.97 Å². The number of hydrogen-bond acceptors (Lipinski definition) is 6. The Morgan fingerprint density at radius 3 is 2.79 bits per heavy atom. The zero-order chi connectivity index (χ0) is 19.3. The van der Waals surface area contributed by atoms with Crippen LogP contribution in [0.4, 0.5) is 5.82 Å². The summed E-state index contributed by atoms with van der Waals surface area (Å²) in [5.41, 5.74) is 2.09. The van der Waals surface area contributed by atoms with E-state index in [1.165, 1.54) is 23.2 Å². The summed E-state index contributed by atoms with van der Waals surface area (Å²) in [7, 11) is 0. The van der Waals surface area contributed by atoms with Crippen LogP contribution in [0.2, 0.25) is 0 Å². The van der Waals surface area contributed by atoms with Gasteiger partial charge in [0.25, 0.3) is 5.91 Å². The first-order chi connectivity index (χ1) is 13.7. The number of benzene rings is 1. The molecule has 4 rings (SSSR count). The Labute approximate surface area is 166 Å². The fourth-order valence-electron chi connectivity index (χ4n) is 3.05. The number of hydrogen-bond donors (Lipinski definition) is 2. The van der Waals surface area contributed by atoms with E-state index in [0.29, 0.717) is 23.8 Å². The topological polar surface area (TPSA) is 80.0 Å². The Morgan fingerprint density at radius 1 is 1.14 bits per heavy atom. The smallest absolute Gasteiger partial charge is 0.261 e. The van der Waals surface area contributed by atoms with Gasteiger partial charge in [-0.15, -0.1) is 11.3 Å². The number of carbonyl (C=O) groups is 1. The summed E-state index contributed by atoms with van der Waals surface area (Å²) >= 11 is 1.39. The highest BCUT2D eigenvalue weighted by Crippen LogP contribution is 2.33. The lowest BCUT2D eigenvalue weighted by atomic mass is 10.1. The predicted molar refractivity (Wildman–Crippen MR) is 111 cm³/mol. The van der Waals surface area contributed by atoms with E-state index in [2.05, 4.69) is 32.7 Å². The molecular weight excluding hydrogens is 372 g/mol. The van der Waals surface area contributed by atoms with E-state index in [9.17, 15) is 4.79 Å². The lowest BCUT2D eigenvalue weighted by molar-refractivity contribution is 0.0957. The number of thiophene rings is 1. The second-order valence-electron chi connectivity index (χ2n) is 6.38. The van der Waals surface area contributed by atoms with Crippen LogP contribution in [0, 0.1) is 6.92 Å². The van der Waals surface area contributed by atoms with Crippen LogP contribution in [-0.4, -0.2) is 22.4 Å². The Hall–Kier alpha value is -3.19. The molecule has 1 amide bonds. The number of aryl methyl sites for hydroxylation is 1. The lowest BCUT2D eigenvalue weighted by Gasteiger charge is -2.06. The lowest BCUT2D eigenvalue weighted by Crippen LogP contribution is -2.25. The largest absolute Gasteiger partial charge is 0.467 e. The predicted octanol–water partition coefficient (Wildman–Crippen LogP) is 4.18. The van der Waals surface area contributed by atoms with E-state index in [1.807, 2.05) is 37.3 Å². The van der Waals surface area contributed by atoms with Crippen LogP contribution in [-0.2, 0) is 13.0 Å². The van der Waals surface area contributed by atoms with Crippen molar-refractivity contribution in [2.75, 3.05) is 11.9 Å². The number of furan rings is 1. The second kappa shape index (κ2) is 8.22. The van der Waals surface area contributed by atoms with Crippen LogP contribution in [0.25, 0.3) is 10.2 Å². The summed E-state index contributed by atoms with van der Waals surface area (Å²) in [5, 5.41) is 7.17. The average Bonchev–Trinajstić information content (AvgIpc) is 3.35. The van der Waals surface area contributed by atoms with E-state index in [4.69, 9.17) is 4.42 Å². The van der Waals surface area contributed by atoms with E-state index in [0.717, 1.165) is 28.0 Å². The molecule has 3 aromatic heterocycles. The van der Waals surface area contributed by atoms with Gasteiger partial charge in [0.05, 0.1) is 23.1 Å². The molecule has 142 valence electrons. The van der Waals surface area contributed by atoms with Crippen molar-refractivity contribution in [1.82, 2.24) is 15.3 Å². The van der Waals surface area contributed by atoms with Gasteiger partial charge in [-0.1, -0.05) is 30.3 Å². The molecule has 0 aliphatic carbocycles. The van der Waals surface area contributed by atoms with Crippen LogP contribution in [0.5, 0.6) is 0 Å². The Morgan fingerprint density at radius 2 is 2.00 bits per heavy atom. The molecule has 4 aromatic rings. The monoisotopic (exact) mass is 392 g/mol. The molecule has 28 heavy (non-hydrogen) atoms. The van der Waals surface area contributed by atoms with Gasteiger partial charge in [0.2, 0.25) is 0 Å². The first-order valence-electron chi connectivity index (χ1n) is 9.05. The molecule has 0 bridgehead atoms. The van der Waals surface area contributed by atoms with Gasteiger partial charge in [-0.05, 0) is 36.6 Å². The molecule has 0 aliphatic rings. The van der Waals surface area contributed by atoms with Crippen molar-refractivity contribution >= 4 is 33.3 Å². The van der Waals surface area contributed by atoms with Crippen LogP contribution < -0.4 is 10.6 Å². The number of fused-ring (bicyclic) bond motifs is 1. The number of rotatable bonds is 7. The molecule has 3 heterocycles. The van der Waals surface area contributed by atoms with E-state index >= 15 is 0 Å². The minimum atomic E-state index is -0.0755. The fourth-order valence-corrected chi connectivity index (χ4v) is 4.12. The highest BCUT2D eigenvalue weighted by molar-refractivity contribution is 7.20.